The molecule has 0 unspecified atom stereocenters. The zero-order valence-electron chi connectivity index (χ0n) is 12.2. The van der Waals surface area contributed by atoms with Crippen molar-refractivity contribution < 1.29 is 9.53 Å². The number of ether oxygens (including phenoxy) is 1. The molecule has 0 spiro atoms. The van der Waals surface area contributed by atoms with Crippen LogP contribution in [0.25, 0.3) is 0 Å². The molecule has 2 aromatic rings. The van der Waals surface area contributed by atoms with Crippen LogP contribution in [-0.4, -0.2) is 24.0 Å². The van der Waals surface area contributed by atoms with Crippen LogP contribution >= 0.6 is 0 Å². The zero-order valence-corrected chi connectivity index (χ0v) is 12.2. The number of nitrogens with one attached hydrogen (secondary N) is 2. The van der Waals surface area contributed by atoms with E-state index in [1.807, 2.05) is 37.3 Å². The molecule has 0 atom stereocenters. The van der Waals surface area contributed by atoms with Crippen molar-refractivity contribution in [1.82, 2.24) is 4.98 Å². The summed E-state index contributed by atoms with van der Waals surface area (Å²) in [6.07, 6.45) is 1.77. The van der Waals surface area contributed by atoms with E-state index in [1.165, 1.54) is 6.92 Å². The van der Waals surface area contributed by atoms with E-state index in [9.17, 15) is 4.79 Å². The van der Waals surface area contributed by atoms with Crippen molar-refractivity contribution >= 4 is 17.3 Å². The van der Waals surface area contributed by atoms with Gasteiger partial charge in [0.1, 0.15) is 12.4 Å². The van der Waals surface area contributed by atoms with Crippen molar-refractivity contribution in [2.24, 2.45) is 0 Å². The third-order valence-corrected chi connectivity index (χ3v) is 2.75. The normalized spacial score (nSPS) is 10.0. The summed E-state index contributed by atoms with van der Waals surface area (Å²) in [4.78, 5) is 15.1. The lowest BCUT2D eigenvalue weighted by Crippen LogP contribution is -2.12. The third-order valence-electron chi connectivity index (χ3n) is 2.75. The second-order valence-corrected chi connectivity index (χ2v) is 4.67. The first-order chi connectivity index (χ1) is 10.1. The highest BCUT2D eigenvalue weighted by atomic mass is 16.5. The molecular formula is C16H19N3O2. The van der Waals surface area contributed by atoms with Gasteiger partial charge in [-0.15, -0.1) is 0 Å². The summed E-state index contributed by atoms with van der Waals surface area (Å²) >= 11 is 0. The number of rotatable bonds is 6. The average molecular weight is 285 g/mol. The van der Waals surface area contributed by atoms with Gasteiger partial charge in [0.2, 0.25) is 5.91 Å². The van der Waals surface area contributed by atoms with Crippen LogP contribution in [0.2, 0.25) is 0 Å². The standard InChI is InChI=1S/C16H19N3O2/c1-12-10-14(6-7-17-12)18-8-9-21-16-5-3-4-15(11-16)19-13(2)20/h3-7,10-11H,8-9H2,1-2H3,(H,17,18)(H,19,20). The van der Waals surface area contributed by atoms with Gasteiger partial charge in [0.15, 0.2) is 0 Å². The topological polar surface area (TPSA) is 63.2 Å². The summed E-state index contributed by atoms with van der Waals surface area (Å²) in [6, 6.07) is 11.2. The monoisotopic (exact) mass is 285 g/mol. The first kappa shape index (κ1) is 14.8. The highest BCUT2D eigenvalue weighted by Gasteiger charge is 1.99. The van der Waals surface area contributed by atoms with Crippen molar-refractivity contribution in [2.45, 2.75) is 13.8 Å². The van der Waals surface area contributed by atoms with Gasteiger partial charge in [-0.2, -0.15) is 0 Å². The molecule has 0 bridgehead atoms. The zero-order chi connectivity index (χ0) is 15.1. The smallest absolute Gasteiger partial charge is 0.221 e. The van der Waals surface area contributed by atoms with Crippen LogP contribution in [0.4, 0.5) is 11.4 Å². The summed E-state index contributed by atoms with van der Waals surface area (Å²) in [5.74, 6) is 0.635. The molecule has 0 radical (unpaired) electrons. The number of hydrogen-bond acceptors (Lipinski definition) is 4. The summed E-state index contributed by atoms with van der Waals surface area (Å²) in [6.45, 7) is 4.65. The van der Waals surface area contributed by atoms with Crippen molar-refractivity contribution in [2.75, 3.05) is 23.8 Å². The molecule has 1 aromatic heterocycles. The second kappa shape index (κ2) is 7.28. The molecular weight excluding hydrogens is 266 g/mol. The van der Waals surface area contributed by atoms with Crippen LogP contribution in [0.1, 0.15) is 12.6 Å². The van der Waals surface area contributed by atoms with E-state index < -0.39 is 0 Å². The van der Waals surface area contributed by atoms with E-state index in [2.05, 4.69) is 15.6 Å². The van der Waals surface area contributed by atoms with Gasteiger partial charge in [0.05, 0.1) is 0 Å². The average Bonchev–Trinajstić information content (AvgIpc) is 2.43. The van der Waals surface area contributed by atoms with Gasteiger partial charge in [0.25, 0.3) is 0 Å². The molecule has 5 heteroatoms. The number of carbonyl (C=O) groups excluding carboxylic acids is 1. The summed E-state index contributed by atoms with van der Waals surface area (Å²) in [5, 5.41) is 5.99. The van der Waals surface area contributed by atoms with E-state index in [4.69, 9.17) is 4.74 Å². The lowest BCUT2D eigenvalue weighted by atomic mass is 10.3. The van der Waals surface area contributed by atoms with Crippen LogP contribution in [0, 0.1) is 6.92 Å². The third kappa shape index (κ3) is 5.14. The quantitative estimate of drug-likeness (QED) is 0.801. The number of aryl methyl sites for hydroxylation is 1. The molecule has 1 aromatic carbocycles. The number of amides is 1. The molecule has 1 heterocycles. The molecule has 21 heavy (non-hydrogen) atoms. The van der Waals surface area contributed by atoms with Crippen LogP contribution in [-0.2, 0) is 4.79 Å². The Hall–Kier alpha value is -2.56. The van der Waals surface area contributed by atoms with Crippen molar-refractivity contribution in [3.8, 4) is 5.75 Å². The van der Waals surface area contributed by atoms with E-state index >= 15 is 0 Å². The molecule has 0 fully saturated rings. The maximum Gasteiger partial charge on any atom is 0.221 e. The van der Waals surface area contributed by atoms with E-state index in [0.29, 0.717) is 13.2 Å². The molecule has 110 valence electrons. The predicted molar refractivity (Wildman–Crippen MR) is 83.7 cm³/mol. The Bertz CT molecular complexity index is 614. The summed E-state index contributed by atoms with van der Waals surface area (Å²) in [7, 11) is 0. The minimum Gasteiger partial charge on any atom is -0.492 e. The van der Waals surface area contributed by atoms with Crippen LogP contribution in [0.3, 0.4) is 0 Å². The Balaban J connectivity index is 1.79. The van der Waals surface area contributed by atoms with Crippen LogP contribution in [0.15, 0.2) is 42.6 Å². The highest BCUT2D eigenvalue weighted by Crippen LogP contribution is 2.17. The second-order valence-electron chi connectivity index (χ2n) is 4.67. The molecule has 0 saturated heterocycles. The molecule has 1 amide bonds. The van der Waals surface area contributed by atoms with E-state index in [-0.39, 0.29) is 5.91 Å². The van der Waals surface area contributed by atoms with Gasteiger partial charge < -0.3 is 15.4 Å². The predicted octanol–water partition coefficient (Wildman–Crippen LogP) is 2.84. The van der Waals surface area contributed by atoms with Gasteiger partial charge in [-0.25, -0.2) is 0 Å². The lowest BCUT2D eigenvalue weighted by molar-refractivity contribution is -0.114. The number of aromatic nitrogens is 1. The van der Waals surface area contributed by atoms with Gasteiger partial charge in [-0.05, 0) is 31.2 Å². The van der Waals surface area contributed by atoms with Crippen LogP contribution < -0.4 is 15.4 Å². The maximum absolute atomic E-state index is 11.0. The molecule has 2 N–H and O–H groups in total. The number of hydrogen-bond donors (Lipinski definition) is 2. The summed E-state index contributed by atoms with van der Waals surface area (Å²) in [5.41, 5.74) is 2.74. The van der Waals surface area contributed by atoms with Crippen LogP contribution in [0.5, 0.6) is 5.75 Å². The molecule has 0 saturated carbocycles. The first-order valence-corrected chi connectivity index (χ1v) is 6.80. The minimum atomic E-state index is -0.0955. The highest BCUT2D eigenvalue weighted by molar-refractivity contribution is 5.88. The fourth-order valence-corrected chi connectivity index (χ4v) is 1.89. The Labute approximate surface area is 124 Å². The van der Waals surface area contributed by atoms with Crippen molar-refractivity contribution in [3.05, 3.63) is 48.3 Å². The Morgan fingerprint density at radius 1 is 1.24 bits per heavy atom. The van der Waals surface area contributed by atoms with Crippen molar-refractivity contribution in [1.29, 1.82) is 0 Å². The largest absolute Gasteiger partial charge is 0.492 e. The molecule has 0 aliphatic rings. The Morgan fingerprint density at radius 3 is 2.86 bits per heavy atom. The summed E-state index contributed by atoms with van der Waals surface area (Å²) < 4.78 is 5.65. The first-order valence-electron chi connectivity index (χ1n) is 6.80. The number of carbonyl (C=O) groups is 1. The van der Waals surface area contributed by atoms with Gasteiger partial charge in [-0.1, -0.05) is 6.07 Å². The molecule has 2 rings (SSSR count). The van der Waals surface area contributed by atoms with Gasteiger partial charge >= 0.3 is 0 Å². The molecule has 0 aliphatic heterocycles. The van der Waals surface area contributed by atoms with Crippen molar-refractivity contribution in [3.63, 3.8) is 0 Å². The maximum atomic E-state index is 11.0. The fourth-order valence-electron chi connectivity index (χ4n) is 1.89. The fraction of sp³-hybridized carbons (Fsp3) is 0.250. The Kier molecular flexibility index (Phi) is 5.15. The lowest BCUT2D eigenvalue weighted by Gasteiger charge is -2.10. The number of anilines is 2. The molecule has 5 nitrogen and oxygen atoms in total. The SMILES string of the molecule is CC(=O)Nc1cccc(OCCNc2ccnc(C)c2)c1. The molecule has 0 aliphatic carbocycles. The van der Waals surface area contributed by atoms with Gasteiger partial charge in [-0.3, -0.25) is 9.78 Å². The number of pyridine rings is 1. The van der Waals surface area contributed by atoms with Gasteiger partial charge in [0, 0.05) is 42.8 Å². The minimum absolute atomic E-state index is 0.0955. The number of benzene rings is 1. The van der Waals surface area contributed by atoms with E-state index in [0.717, 1.165) is 22.8 Å². The number of nitrogens with zero attached hydrogens (tertiary/aromatic N) is 1. The Morgan fingerprint density at radius 2 is 2.10 bits per heavy atom. The van der Waals surface area contributed by atoms with E-state index in [1.54, 1.807) is 12.3 Å².